The molecule has 0 aliphatic carbocycles. The second-order valence-corrected chi connectivity index (χ2v) is 4.56. The first-order chi connectivity index (χ1) is 7.54. The summed E-state index contributed by atoms with van der Waals surface area (Å²) in [6.07, 6.45) is 0.521. The molecule has 1 heterocycles. The minimum absolute atomic E-state index is 0.0834. The maximum absolute atomic E-state index is 9.16. The fourth-order valence-electron chi connectivity index (χ4n) is 1.58. The Bertz CT molecular complexity index is 448. The van der Waals surface area contributed by atoms with E-state index in [-0.39, 0.29) is 6.61 Å². The van der Waals surface area contributed by atoms with Crippen LogP contribution in [0.15, 0.2) is 23.4 Å². The lowest BCUT2D eigenvalue weighted by Crippen LogP contribution is -2.29. The summed E-state index contributed by atoms with van der Waals surface area (Å²) in [6.45, 7) is 1.71. The summed E-state index contributed by atoms with van der Waals surface area (Å²) in [5.41, 5.74) is 7.15. The number of oxime groups is 1. The van der Waals surface area contributed by atoms with Gasteiger partial charge in [0, 0.05) is 22.7 Å². The highest BCUT2D eigenvalue weighted by Crippen LogP contribution is 2.29. The summed E-state index contributed by atoms with van der Waals surface area (Å²) in [4.78, 5) is 5.19. The number of anilines is 1. The largest absolute Gasteiger partial charge is 0.399 e. The summed E-state index contributed by atoms with van der Waals surface area (Å²) >= 11 is 6.06. The van der Waals surface area contributed by atoms with E-state index in [9.17, 15) is 0 Å². The zero-order valence-corrected chi connectivity index (χ0v) is 9.66. The van der Waals surface area contributed by atoms with Gasteiger partial charge in [0.1, 0.15) is 0 Å². The van der Waals surface area contributed by atoms with Crippen molar-refractivity contribution in [3.63, 3.8) is 0 Å². The molecule has 1 aliphatic rings. The molecule has 1 aromatic rings. The van der Waals surface area contributed by atoms with E-state index < -0.39 is 5.60 Å². The number of nitrogen functional groups attached to an aromatic ring is 1. The zero-order valence-electron chi connectivity index (χ0n) is 8.90. The van der Waals surface area contributed by atoms with E-state index in [1.807, 2.05) is 0 Å². The maximum Gasteiger partial charge on any atom is 0.163 e. The molecule has 86 valence electrons. The number of aliphatic hydroxyl groups excluding tert-OH is 1. The van der Waals surface area contributed by atoms with Gasteiger partial charge in [-0.15, -0.1) is 0 Å². The fraction of sp³-hybridized carbons (Fsp3) is 0.364. The third-order valence-corrected chi connectivity index (χ3v) is 2.88. The van der Waals surface area contributed by atoms with Crippen LogP contribution in [-0.4, -0.2) is 23.0 Å². The predicted octanol–water partition coefficient (Wildman–Crippen LogP) is 1.80. The van der Waals surface area contributed by atoms with Crippen molar-refractivity contribution in [3.05, 3.63) is 28.8 Å². The molecule has 4 nitrogen and oxygen atoms in total. The molecule has 0 amide bonds. The van der Waals surface area contributed by atoms with E-state index in [1.54, 1.807) is 25.1 Å². The molecule has 0 radical (unpaired) electrons. The zero-order chi connectivity index (χ0) is 11.8. The number of nitrogens with two attached hydrogens (primary N) is 1. The molecule has 0 aromatic heterocycles. The average molecular weight is 241 g/mol. The molecule has 16 heavy (non-hydrogen) atoms. The van der Waals surface area contributed by atoms with Crippen LogP contribution in [-0.2, 0) is 4.84 Å². The number of hydrogen-bond acceptors (Lipinski definition) is 4. The molecule has 2 rings (SSSR count). The van der Waals surface area contributed by atoms with Gasteiger partial charge in [0.25, 0.3) is 0 Å². The number of hydrogen-bond donors (Lipinski definition) is 2. The topological polar surface area (TPSA) is 67.8 Å². The van der Waals surface area contributed by atoms with Gasteiger partial charge in [-0.3, -0.25) is 0 Å². The van der Waals surface area contributed by atoms with Gasteiger partial charge in [-0.2, -0.15) is 0 Å². The van der Waals surface area contributed by atoms with Crippen molar-refractivity contribution in [1.29, 1.82) is 0 Å². The molecule has 0 saturated heterocycles. The number of rotatable bonds is 2. The van der Waals surface area contributed by atoms with E-state index in [4.69, 9.17) is 27.3 Å². The third kappa shape index (κ3) is 1.99. The Balaban J connectivity index is 2.30. The van der Waals surface area contributed by atoms with Crippen molar-refractivity contribution in [2.24, 2.45) is 5.16 Å². The Kier molecular flexibility index (Phi) is 2.78. The summed E-state index contributed by atoms with van der Waals surface area (Å²) in [7, 11) is 0. The van der Waals surface area contributed by atoms with Crippen LogP contribution < -0.4 is 5.73 Å². The lowest BCUT2D eigenvalue weighted by Gasteiger charge is -2.17. The van der Waals surface area contributed by atoms with Crippen LogP contribution in [0, 0.1) is 0 Å². The minimum atomic E-state index is -0.650. The normalized spacial score (nSPS) is 24.1. The second kappa shape index (κ2) is 3.96. The highest BCUT2D eigenvalue weighted by molar-refractivity contribution is 6.34. The van der Waals surface area contributed by atoms with Crippen molar-refractivity contribution < 1.29 is 9.94 Å². The quantitative estimate of drug-likeness (QED) is 0.775. The number of nitrogens with zero attached hydrogens (tertiary/aromatic N) is 1. The first-order valence-electron chi connectivity index (χ1n) is 4.95. The van der Waals surface area contributed by atoms with E-state index >= 15 is 0 Å². The standard InChI is InChI=1S/C11H13ClN2O2/c1-11(6-15)5-10(14-16-11)8-4-7(13)2-3-9(8)12/h2-4,15H,5-6,13H2,1H3. The Hall–Kier alpha value is -1.26. The highest BCUT2D eigenvalue weighted by Gasteiger charge is 2.34. The first kappa shape index (κ1) is 11.2. The van der Waals surface area contributed by atoms with Crippen LogP contribution >= 0.6 is 11.6 Å². The van der Waals surface area contributed by atoms with Gasteiger partial charge in [-0.05, 0) is 25.1 Å². The van der Waals surface area contributed by atoms with Gasteiger partial charge in [0.2, 0.25) is 0 Å². The Morgan fingerprint density at radius 2 is 2.38 bits per heavy atom. The van der Waals surface area contributed by atoms with Crippen LogP contribution in [0.25, 0.3) is 0 Å². The average Bonchev–Trinajstić information content (AvgIpc) is 2.65. The Morgan fingerprint density at radius 3 is 3.00 bits per heavy atom. The molecule has 3 N–H and O–H groups in total. The van der Waals surface area contributed by atoms with E-state index in [0.29, 0.717) is 22.8 Å². The van der Waals surface area contributed by atoms with Gasteiger partial charge < -0.3 is 15.7 Å². The number of benzene rings is 1. The van der Waals surface area contributed by atoms with Gasteiger partial charge in [-0.25, -0.2) is 0 Å². The van der Waals surface area contributed by atoms with Crippen LogP contribution in [0.3, 0.4) is 0 Å². The predicted molar refractivity (Wildman–Crippen MR) is 63.6 cm³/mol. The molecule has 1 aliphatic heterocycles. The number of aliphatic hydroxyl groups is 1. The van der Waals surface area contributed by atoms with Gasteiger partial charge >= 0.3 is 0 Å². The summed E-state index contributed by atoms with van der Waals surface area (Å²) in [6, 6.07) is 5.21. The Morgan fingerprint density at radius 1 is 1.62 bits per heavy atom. The molecule has 0 spiro atoms. The van der Waals surface area contributed by atoms with Crippen molar-refractivity contribution >= 4 is 23.0 Å². The van der Waals surface area contributed by atoms with Gasteiger partial charge in [0.15, 0.2) is 5.60 Å². The van der Waals surface area contributed by atoms with E-state index in [2.05, 4.69) is 5.16 Å². The second-order valence-electron chi connectivity index (χ2n) is 4.15. The van der Waals surface area contributed by atoms with Crippen LogP contribution in [0.4, 0.5) is 5.69 Å². The lowest BCUT2D eigenvalue weighted by molar-refractivity contribution is -0.0428. The SMILES string of the molecule is CC1(CO)CC(c2cc(N)ccc2Cl)=NO1. The molecule has 1 atom stereocenters. The lowest BCUT2D eigenvalue weighted by atomic mass is 9.96. The van der Waals surface area contributed by atoms with Gasteiger partial charge in [0.05, 0.1) is 12.3 Å². The molecule has 5 heteroatoms. The third-order valence-electron chi connectivity index (χ3n) is 2.55. The summed E-state index contributed by atoms with van der Waals surface area (Å²) < 4.78 is 0. The van der Waals surface area contributed by atoms with Crippen molar-refractivity contribution in [2.45, 2.75) is 18.9 Å². The molecular formula is C11H13ClN2O2. The first-order valence-corrected chi connectivity index (χ1v) is 5.33. The van der Waals surface area contributed by atoms with E-state index in [1.165, 1.54) is 0 Å². The monoisotopic (exact) mass is 240 g/mol. The highest BCUT2D eigenvalue weighted by atomic mass is 35.5. The molecule has 1 aromatic carbocycles. The van der Waals surface area contributed by atoms with Crippen molar-refractivity contribution in [3.8, 4) is 0 Å². The fourth-order valence-corrected chi connectivity index (χ4v) is 1.80. The van der Waals surface area contributed by atoms with Crippen molar-refractivity contribution in [1.82, 2.24) is 0 Å². The molecular weight excluding hydrogens is 228 g/mol. The Labute approximate surface area is 98.7 Å². The summed E-state index contributed by atoms with van der Waals surface area (Å²) in [5.74, 6) is 0. The van der Waals surface area contributed by atoms with Gasteiger partial charge in [-0.1, -0.05) is 16.8 Å². The van der Waals surface area contributed by atoms with E-state index in [0.717, 1.165) is 5.56 Å². The number of halogens is 1. The molecule has 0 saturated carbocycles. The summed E-state index contributed by atoms with van der Waals surface area (Å²) in [5, 5.41) is 13.7. The minimum Gasteiger partial charge on any atom is -0.399 e. The molecule has 0 fully saturated rings. The molecule has 0 bridgehead atoms. The van der Waals surface area contributed by atoms with Crippen molar-refractivity contribution in [2.75, 3.05) is 12.3 Å². The van der Waals surface area contributed by atoms with Crippen LogP contribution in [0.1, 0.15) is 18.9 Å². The smallest absolute Gasteiger partial charge is 0.163 e. The maximum atomic E-state index is 9.16. The van der Waals surface area contributed by atoms with Crippen LogP contribution in [0.5, 0.6) is 0 Å². The van der Waals surface area contributed by atoms with Crippen LogP contribution in [0.2, 0.25) is 5.02 Å². The molecule has 1 unspecified atom stereocenters.